The van der Waals surface area contributed by atoms with Crippen molar-refractivity contribution in [2.24, 2.45) is 5.73 Å². The molecule has 0 aromatic heterocycles. The number of ether oxygens (including phenoxy) is 2. The molecule has 20 heavy (non-hydrogen) atoms. The number of urea groups is 1. The fraction of sp³-hybridized carbons (Fsp3) is 0.385. The van der Waals surface area contributed by atoms with Crippen molar-refractivity contribution >= 4 is 11.9 Å². The first-order chi connectivity index (χ1) is 9.47. The molecule has 1 aromatic rings. The van der Waals surface area contributed by atoms with Crippen molar-refractivity contribution in [2.45, 2.75) is 19.5 Å². The Labute approximate surface area is 117 Å². The average Bonchev–Trinajstić information content (AvgIpc) is 2.43. The SMILES string of the molecule is COc1ccc(OC)c(CNC(=O)[C@@H](C)NC(N)=O)c1. The number of methoxy groups -OCH3 is 2. The van der Waals surface area contributed by atoms with Crippen molar-refractivity contribution in [3.05, 3.63) is 23.8 Å². The third kappa shape index (κ3) is 4.34. The Morgan fingerprint density at radius 3 is 2.55 bits per heavy atom. The molecule has 4 N–H and O–H groups in total. The van der Waals surface area contributed by atoms with Crippen LogP contribution in [0.15, 0.2) is 18.2 Å². The predicted octanol–water partition coefficient (Wildman–Crippen LogP) is 0.377. The third-order valence-corrected chi connectivity index (χ3v) is 2.69. The molecule has 3 amide bonds. The van der Waals surface area contributed by atoms with Crippen LogP contribution in [0, 0.1) is 0 Å². The predicted molar refractivity (Wildman–Crippen MR) is 73.6 cm³/mol. The van der Waals surface area contributed by atoms with E-state index >= 15 is 0 Å². The third-order valence-electron chi connectivity index (χ3n) is 2.69. The first kappa shape index (κ1) is 15.6. The number of hydrogen-bond donors (Lipinski definition) is 3. The number of carbonyl (C=O) groups excluding carboxylic acids is 2. The van der Waals surface area contributed by atoms with Gasteiger partial charge in [-0.2, -0.15) is 0 Å². The summed E-state index contributed by atoms with van der Waals surface area (Å²) in [7, 11) is 3.10. The van der Waals surface area contributed by atoms with E-state index in [-0.39, 0.29) is 12.5 Å². The summed E-state index contributed by atoms with van der Waals surface area (Å²) >= 11 is 0. The number of benzene rings is 1. The van der Waals surface area contributed by atoms with Gasteiger partial charge in [0.25, 0.3) is 0 Å². The lowest BCUT2D eigenvalue weighted by molar-refractivity contribution is -0.122. The zero-order chi connectivity index (χ0) is 15.1. The van der Waals surface area contributed by atoms with Gasteiger partial charge in [-0.1, -0.05) is 0 Å². The standard InChI is InChI=1S/C13H19N3O4/c1-8(16-13(14)18)12(17)15-7-9-6-10(19-2)4-5-11(9)20-3/h4-6,8H,7H2,1-3H3,(H,15,17)(H3,14,16,18)/t8-/m1/s1. The van der Waals surface area contributed by atoms with Crippen LogP contribution in [0.25, 0.3) is 0 Å². The molecular weight excluding hydrogens is 262 g/mol. The van der Waals surface area contributed by atoms with E-state index in [1.54, 1.807) is 39.3 Å². The summed E-state index contributed by atoms with van der Waals surface area (Å²) in [6.45, 7) is 1.80. The quantitative estimate of drug-likeness (QED) is 0.701. The minimum atomic E-state index is -0.744. The van der Waals surface area contributed by atoms with E-state index in [1.807, 2.05) is 0 Å². The van der Waals surface area contributed by atoms with Crippen molar-refractivity contribution < 1.29 is 19.1 Å². The molecule has 0 bridgehead atoms. The van der Waals surface area contributed by atoms with Crippen LogP contribution < -0.4 is 25.8 Å². The first-order valence-corrected chi connectivity index (χ1v) is 6.02. The topological polar surface area (TPSA) is 103 Å². The molecular formula is C13H19N3O4. The molecule has 7 nitrogen and oxygen atoms in total. The van der Waals surface area contributed by atoms with Gasteiger partial charge in [-0.05, 0) is 25.1 Å². The minimum Gasteiger partial charge on any atom is -0.497 e. The van der Waals surface area contributed by atoms with E-state index in [2.05, 4.69) is 10.6 Å². The van der Waals surface area contributed by atoms with Gasteiger partial charge < -0.3 is 25.8 Å². The smallest absolute Gasteiger partial charge is 0.312 e. The lowest BCUT2D eigenvalue weighted by Crippen LogP contribution is -2.46. The molecule has 0 fully saturated rings. The molecule has 0 radical (unpaired) electrons. The molecule has 110 valence electrons. The van der Waals surface area contributed by atoms with E-state index < -0.39 is 12.1 Å². The zero-order valence-corrected chi connectivity index (χ0v) is 11.7. The maximum atomic E-state index is 11.8. The van der Waals surface area contributed by atoms with Crippen LogP contribution in [0.3, 0.4) is 0 Å². The molecule has 0 aliphatic heterocycles. The van der Waals surface area contributed by atoms with Crippen LogP contribution in [0.1, 0.15) is 12.5 Å². The number of nitrogens with one attached hydrogen (secondary N) is 2. The summed E-state index contributed by atoms with van der Waals surface area (Å²) in [5.74, 6) is 0.966. The lowest BCUT2D eigenvalue weighted by atomic mass is 10.2. The number of hydrogen-bond acceptors (Lipinski definition) is 4. The number of amides is 3. The Hall–Kier alpha value is -2.44. The van der Waals surface area contributed by atoms with Crippen LogP contribution in [-0.2, 0) is 11.3 Å². The van der Waals surface area contributed by atoms with Crippen molar-refractivity contribution in [2.75, 3.05) is 14.2 Å². The van der Waals surface area contributed by atoms with Crippen LogP contribution in [0.2, 0.25) is 0 Å². The van der Waals surface area contributed by atoms with E-state index in [0.717, 1.165) is 5.56 Å². The van der Waals surface area contributed by atoms with E-state index in [0.29, 0.717) is 11.5 Å². The van der Waals surface area contributed by atoms with Gasteiger partial charge in [-0.3, -0.25) is 4.79 Å². The fourth-order valence-corrected chi connectivity index (χ4v) is 1.63. The van der Waals surface area contributed by atoms with Gasteiger partial charge in [-0.15, -0.1) is 0 Å². The highest BCUT2D eigenvalue weighted by molar-refractivity contribution is 5.86. The molecule has 7 heteroatoms. The highest BCUT2D eigenvalue weighted by Crippen LogP contribution is 2.23. The Balaban J connectivity index is 2.68. The molecule has 0 heterocycles. The van der Waals surface area contributed by atoms with Gasteiger partial charge in [0.05, 0.1) is 14.2 Å². The highest BCUT2D eigenvalue weighted by atomic mass is 16.5. The Morgan fingerprint density at radius 2 is 2.00 bits per heavy atom. The molecule has 0 aliphatic rings. The van der Waals surface area contributed by atoms with Crippen LogP contribution in [-0.4, -0.2) is 32.2 Å². The van der Waals surface area contributed by atoms with Gasteiger partial charge in [0, 0.05) is 12.1 Å². The van der Waals surface area contributed by atoms with Crippen molar-refractivity contribution in [3.8, 4) is 11.5 Å². The van der Waals surface area contributed by atoms with Crippen LogP contribution in [0.5, 0.6) is 11.5 Å². The van der Waals surface area contributed by atoms with E-state index in [4.69, 9.17) is 15.2 Å². The number of primary amides is 1. The van der Waals surface area contributed by atoms with Crippen molar-refractivity contribution in [1.29, 1.82) is 0 Å². The molecule has 0 spiro atoms. The van der Waals surface area contributed by atoms with Crippen LogP contribution in [0.4, 0.5) is 4.79 Å². The monoisotopic (exact) mass is 281 g/mol. The summed E-state index contributed by atoms with van der Waals surface area (Å²) in [5, 5.41) is 4.99. The maximum Gasteiger partial charge on any atom is 0.312 e. The van der Waals surface area contributed by atoms with Gasteiger partial charge in [0.15, 0.2) is 0 Å². The van der Waals surface area contributed by atoms with E-state index in [9.17, 15) is 9.59 Å². The van der Waals surface area contributed by atoms with Crippen molar-refractivity contribution in [1.82, 2.24) is 10.6 Å². The molecule has 0 saturated heterocycles. The second-order valence-electron chi connectivity index (χ2n) is 4.13. The van der Waals surface area contributed by atoms with Gasteiger partial charge in [-0.25, -0.2) is 4.79 Å². The molecule has 0 saturated carbocycles. The average molecular weight is 281 g/mol. The van der Waals surface area contributed by atoms with Crippen molar-refractivity contribution in [3.63, 3.8) is 0 Å². The maximum absolute atomic E-state index is 11.8. The Bertz CT molecular complexity index is 491. The summed E-state index contributed by atoms with van der Waals surface area (Å²) in [6, 6.07) is 3.84. The normalized spacial score (nSPS) is 11.3. The summed E-state index contributed by atoms with van der Waals surface area (Å²) in [4.78, 5) is 22.4. The fourth-order valence-electron chi connectivity index (χ4n) is 1.63. The number of carbonyl (C=O) groups is 2. The summed E-state index contributed by atoms with van der Waals surface area (Å²) in [5.41, 5.74) is 5.73. The van der Waals surface area contributed by atoms with Gasteiger partial charge >= 0.3 is 6.03 Å². The van der Waals surface area contributed by atoms with Gasteiger partial charge in [0.1, 0.15) is 17.5 Å². The molecule has 1 atom stereocenters. The summed E-state index contributed by atoms with van der Waals surface area (Å²) in [6.07, 6.45) is 0. The zero-order valence-electron chi connectivity index (χ0n) is 11.7. The summed E-state index contributed by atoms with van der Waals surface area (Å²) < 4.78 is 10.3. The molecule has 1 rings (SSSR count). The largest absolute Gasteiger partial charge is 0.497 e. The Kier molecular flexibility index (Phi) is 5.64. The van der Waals surface area contributed by atoms with E-state index in [1.165, 1.54) is 0 Å². The first-order valence-electron chi connectivity index (χ1n) is 6.02. The van der Waals surface area contributed by atoms with Gasteiger partial charge in [0.2, 0.25) is 5.91 Å². The second kappa shape index (κ2) is 7.22. The lowest BCUT2D eigenvalue weighted by Gasteiger charge is -2.14. The molecule has 0 aliphatic carbocycles. The highest BCUT2D eigenvalue weighted by Gasteiger charge is 2.14. The Morgan fingerprint density at radius 1 is 1.30 bits per heavy atom. The second-order valence-corrected chi connectivity index (χ2v) is 4.13. The number of nitrogens with two attached hydrogens (primary N) is 1. The molecule has 1 aromatic carbocycles. The van der Waals surface area contributed by atoms with Crippen LogP contribution >= 0.6 is 0 Å². The number of rotatable bonds is 6. The minimum absolute atomic E-state index is 0.254. The molecule has 0 unspecified atom stereocenters.